The molecule has 2 N–H and O–H groups in total. The second kappa shape index (κ2) is 7.42. The summed E-state index contributed by atoms with van der Waals surface area (Å²) in [5.41, 5.74) is 0.888. The van der Waals surface area contributed by atoms with Gasteiger partial charge in [-0.15, -0.1) is 11.3 Å². The number of nitrogens with zero attached hydrogens (tertiary/aromatic N) is 1. The molecule has 23 heavy (non-hydrogen) atoms. The summed E-state index contributed by atoms with van der Waals surface area (Å²) in [6.45, 7) is 3.68. The van der Waals surface area contributed by atoms with Crippen LogP contribution in [0, 0.1) is 13.8 Å². The lowest BCUT2D eigenvalue weighted by molar-refractivity contribution is -0.113. The van der Waals surface area contributed by atoms with E-state index in [0.29, 0.717) is 15.7 Å². The molecular weight excluding hydrogens is 338 g/mol. The van der Waals surface area contributed by atoms with E-state index in [1.807, 2.05) is 6.92 Å². The Morgan fingerprint density at radius 1 is 1.43 bits per heavy atom. The van der Waals surface area contributed by atoms with Gasteiger partial charge in [0.1, 0.15) is 5.00 Å². The van der Waals surface area contributed by atoms with E-state index in [1.54, 1.807) is 6.92 Å². The number of methoxy groups -OCH3 is 1. The Labute approximate surface area is 140 Å². The standard InChI is InChI=1S/C14H15N3O4S2/c1-7-8(2)23-12(11(7)13(20)21-3)16-10(19)6-22-14-15-5-4-9(18)17-14/h4-5H,6H2,1-3H3,(H,16,19)(H,15,17,18). The maximum atomic E-state index is 12.1. The zero-order valence-corrected chi connectivity index (χ0v) is 14.4. The lowest BCUT2D eigenvalue weighted by Crippen LogP contribution is -2.16. The summed E-state index contributed by atoms with van der Waals surface area (Å²) in [5.74, 6) is -0.722. The number of aromatic nitrogens is 2. The van der Waals surface area contributed by atoms with E-state index in [2.05, 4.69) is 15.3 Å². The van der Waals surface area contributed by atoms with Gasteiger partial charge < -0.3 is 15.0 Å². The van der Waals surface area contributed by atoms with E-state index in [4.69, 9.17) is 4.74 Å². The van der Waals surface area contributed by atoms with Gasteiger partial charge in [0, 0.05) is 17.1 Å². The van der Waals surface area contributed by atoms with Gasteiger partial charge in [0.2, 0.25) is 5.91 Å². The molecule has 7 nitrogen and oxygen atoms in total. The summed E-state index contributed by atoms with van der Waals surface area (Å²) in [4.78, 5) is 42.5. The minimum absolute atomic E-state index is 0.0591. The molecule has 122 valence electrons. The van der Waals surface area contributed by atoms with Crippen molar-refractivity contribution in [2.24, 2.45) is 0 Å². The average Bonchev–Trinajstić information content (AvgIpc) is 2.79. The number of aromatic amines is 1. The normalized spacial score (nSPS) is 10.4. The Hall–Kier alpha value is -2.13. The summed E-state index contributed by atoms with van der Waals surface area (Å²) >= 11 is 2.42. The van der Waals surface area contributed by atoms with Gasteiger partial charge in [-0.05, 0) is 19.4 Å². The molecule has 0 bridgehead atoms. The summed E-state index contributed by atoms with van der Waals surface area (Å²) in [6, 6.07) is 1.30. The highest BCUT2D eigenvalue weighted by Gasteiger charge is 2.21. The Bertz CT molecular complexity index is 798. The number of thiophene rings is 1. The van der Waals surface area contributed by atoms with Crippen molar-refractivity contribution in [3.63, 3.8) is 0 Å². The van der Waals surface area contributed by atoms with Crippen molar-refractivity contribution >= 4 is 40.0 Å². The van der Waals surface area contributed by atoms with Crippen LogP contribution in [0.4, 0.5) is 5.00 Å². The molecule has 2 aromatic rings. The molecule has 2 aromatic heterocycles. The molecule has 2 heterocycles. The minimum atomic E-state index is -0.483. The highest BCUT2D eigenvalue weighted by Crippen LogP contribution is 2.33. The molecule has 1 amide bonds. The molecule has 0 aliphatic carbocycles. The van der Waals surface area contributed by atoms with Gasteiger partial charge in [-0.3, -0.25) is 9.59 Å². The van der Waals surface area contributed by atoms with Crippen LogP contribution >= 0.6 is 23.1 Å². The van der Waals surface area contributed by atoms with E-state index in [-0.39, 0.29) is 17.2 Å². The number of thioether (sulfide) groups is 1. The second-order valence-corrected chi connectivity index (χ2v) is 6.74. The first-order chi connectivity index (χ1) is 10.9. The second-order valence-electron chi connectivity index (χ2n) is 4.56. The number of rotatable bonds is 5. The van der Waals surface area contributed by atoms with Crippen molar-refractivity contribution in [3.05, 3.63) is 38.6 Å². The summed E-state index contributed by atoms with van der Waals surface area (Å²) in [7, 11) is 1.30. The van der Waals surface area contributed by atoms with E-state index >= 15 is 0 Å². The SMILES string of the molecule is COC(=O)c1c(NC(=O)CSc2nccc(=O)[nH]2)sc(C)c1C. The van der Waals surface area contributed by atoms with Crippen molar-refractivity contribution in [1.82, 2.24) is 9.97 Å². The van der Waals surface area contributed by atoms with Crippen molar-refractivity contribution in [3.8, 4) is 0 Å². The monoisotopic (exact) mass is 353 g/mol. The minimum Gasteiger partial charge on any atom is -0.465 e. The van der Waals surface area contributed by atoms with Gasteiger partial charge in [0.05, 0.1) is 18.4 Å². The molecule has 0 saturated carbocycles. The van der Waals surface area contributed by atoms with Gasteiger partial charge in [-0.2, -0.15) is 0 Å². The molecule has 0 aromatic carbocycles. The Kier molecular flexibility index (Phi) is 5.56. The quantitative estimate of drug-likeness (QED) is 0.484. The number of aryl methyl sites for hydroxylation is 1. The van der Waals surface area contributed by atoms with Gasteiger partial charge in [-0.25, -0.2) is 9.78 Å². The third-order valence-corrected chi connectivity index (χ3v) is 5.03. The van der Waals surface area contributed by atoms with Gasteiger partial charge in [0.25, 0.3) is 5.56 Å². The van der Waals surface area contributed by atoms with Crippen molar-refractivity contribution in [2.75, 3.05) is 18.2 Å². The fourth-order valence-corrected chi connectivity index (χ4v) is 3.50. The van der Waals surface area contributed by atoms with E-state index in [0.717, 1.165) is 22.2 Å². The number of anilines is 1. The smallest absolute Gasteiger partial charge is 0.341 e. The van der Waals surface area contributed by atoms with Crippen molar-refractivity contribution < 1.29 is 14.3 Å². The summed E-state index contributed by atoms with van der Waals surface area (Å²) in [6.07, 6.45) is 1.38. The van der Waals surface area contributed by atoms with E-state index in [9.17, 15) is 14.4 Å². The lowest BCUT2D eigenvalue weighted by atomic mass is 10.1. The topological polar surface area (TPSA) is 101 Å². The van der Waals surface area contributed by atoms with Crippen LogP contribution in [0.5, 0.6) is 0 Å². The summed E-state index contributed by atoms with van der Waals surface area (Å²) in [5, 5.41) is 3.54. The van der Waals surface area contributed by atoms with Gasteiger partial charge >= 0.3 is 5.97 Å². The van der Waals surface area contributed by atoms with Crippen LogP contribution in [0.1, 0.15) is 20.8 Å². The fraction of sp³-hybridized carbons (Fsp3) is 0.286. The first-order valence-corrected chi connectivity index (χ1v) is 8.39. The van der Waals surface area contributed by atoms with Crippen LogP contribution in [-0.4, -0.2) is 34.7 Å². The Morgan fingerprint density at radius 2 is 2.17 bits per heavy atom. The summed E-state index contributed by atoms with van der Waals surface area (Å²) < 4.78 is 4.76. The zero-order chi connectivity index (χ0) is 17.0. The van der Waals surface area contributed by atoms with Crippen LogP contribution in [0.15, 0.2) is 22.2 Å². The first kappa shape index (κ1) is 17.2. The molecule has 0 atom stereocenters. The zero-order valence-electron chi connectivity index (χ0n) is 12.8. The number of carbonyl (C=O) groups excluding carboxylic acids is 2. The van der Waals surface area contributed by atoms with E-state index < -0.39 is 5.97 Å². The van der Waals surface area contributed by atoms with Crippen LogP contribution in [0.25, 0.3) is 0 Å². The van der Waals surface area contributed by atoms with Gasteiger partial charge in [-0.1, -0.05) is 11.8 Å². The maximum Gasteiger partial charge on any atom is 0.341 e. The average molecular weight is 353 g/mol. The third kappa shape index (κ3) is 4.20. The Morgan fingerprint density at radius 3 is 2.83 bits per heavy atom. The number of amides is 1. The number of esters is 1. The number of hydrogen-bond acceptors (Lipinski definition) is 7. The molecule has 0 spiro atoms. The molecule has 0 aliphatic rings. The maximum absolute atomic E-state index is 12.1. The molecular formula is C14H15N3O4S2. The molecule has 9 heteroatoms. The molecule has 2 rings (SSSR count). The van der Waals surface area contributed by atoms with Crippen molar-refractivity contribution in [1.29, 1.82) is 0 Å². The molecule has 0 saturated heterocycles. The van der Waals surface area contributed by atoms with Crippen LogP contribution in [-0.2, 0) is 9.53 Å². The number of hydrogen-bond donors (Lipinski definition) is 2. The van der Waals surface area contributed by atoms with Crippen LogP contribution in [0.2, 0.25) is 0 Å². The van der Waals surface area contributed by atoms with Crippen LogP contribution < -0.4 is 10.9 Å². The number of H-pyrrole nitrogens is 1. The highest BCUT2D eigenvalue weighted by molar-refractivity contribution is 7.99. The molecule has 0 aliphatic heterocycles. The number of ether oxygens (including phenoxy) is 1. The third-order valence-electron chi connectivity index (χ3n) is 3.02. The van der Waals surface area contributed by atoms with Gasteiger partial charge in [0.15, 0.2) is 5.16 Å². The largest absolute Gasteiger partial charge is 0.465 e. The highest BCUT2D eigenvalue weighted by atomic mass is 32.2. The first-order valence-electron chi connectivity index (χ1n) is 6.58. The molecule has 0 fully saturated rings. The predicted octanol–water partition coefficient (Wildman–Crippen LogP) is 1.97. The fourth-order valence-electron chi connectivity index (χ4n) is 1.78. The molecule has 0 radical (unpaired) electrons. The van der Waals surface area contributed by atoms with Crippen molar-refractivity contribution in [2.45, 2.75) is 19.0 Å². The number of carbonyl (C=O) groups is 2. The van der Waals surface area contributed by atoms with E-state index in [1.165, 1.54) is 30.7 Å². The lowest BCUT2D eigenvalue weighted by Gasteiger charge is -2.05. The number of nitrogens with one attached hydrogen (secondary N) is 2. The molecule has 0 unspecified atom stereocenters. The Balaban J connectivity index is 2.07. The predicted molar refractivity (Wildman–Crippen MR) is 89.3 cm³/mol. The van der Waals surface area contributed by atoms with Crippen LogP contribution in [0.3, 0.4) is 0 Å².